The molecule has 0 radical (unpaired) electrons. The Balaban J connectivity index is 1.52. The maximum atomic E-state index is 5.71. The van der Waals surface area contributed by atoms with E-state index < -0.39 is 0 Å². The lowest BCUT2D eigenvalue weighted by molar-refractivity contribution is 0.308. The maximum Gasteiger partial charge on any atom is 0.119 e. The van der Waals surface area contributed by atoms with Crippen molar-refractivity contribution in [2.24, 2.45) is 0 Å². The van der Waals surface area contributed by atoms with Gasteiger partial charge >= 0.3 is 0 Å². The molecule has 0 atom stereocenters. The molecule has 20 heavy (non-hydrogen) atoms. The van der Waals surface area contributed by atoms with Crippen LogP contribution in [0.5, 0.6) is 5.75 Å². The normalized spacial score (nSPS) is 10.4. The van der Waals surface area contributed by atoms with Gasteiger partial charge in [0.15, 0.2) is 0 Å². The molecule has 0 aliphatic carbocycles. The highest BCUT2D eigenvalue weighted by atomic mass is 16.5. The molecule has 0 aromatic heterocycles. The van der Waals surface area contributed by atoms with Crippen LogP contribution in [0.4, 0.5) is 0 Å². The smallest absolute Gasteiger partial charge is 0.119 e. The fraction of sp³-hybridized carbons (Fsp3) is 0.333. The zero-order chi connectivity index (χ0) is 14.0. The Labute approximate surface area is 121 Å². The highest BCUT2D eigenvalue weighted by Crippen LogP contribution is 2.12. The van der Waals surface area contributed by atoms with E-state index in [0.717, 1.165) is 38.3 Å². The summed E-state index contributed by atoms with van der Waals surface area (Å²) in [6, 6.07) is 18.8. The van der Waals surface area contributed by atoms with Crippen LogP contribution in [0.1, 0.15) is 17.5 Å². The van der Waals surface area contributed by atoms with E-state index in [4.69, 9.17) is 4.74 Å². The third-order valence-electron chi connectivity index (χ3n) is 3.19. The lowest BCUT2D eigenvalue weighted by Gasteiger charge is -2.08. The van der Waals surface area contributed by atoms with Gasteiger partial charge in [0.05, 0.1) is 6.61 Å². The average molecular weight is 269 g/mol. The van der Waals surface area contributed by atoms with Crippen molar-refractivity contribution in [3.8, 4) is 5.75 Å². The Morgan fingerprint density at radius 1 is 0.950 bits per heavy atom. The third-order valence-corrected chi connectivity index (χ3v) is 3.19. The van der Waals surface area contributed by atoms with E-state index in [2.05, 4.69) is 54.7 Å². The molecule has 0 saturated carbocycles. The molecule has 2 heteroatoms. The molecule has 2 aromatic rings. The van der Waals surface area contributed by atoms with E-state index in [-0.39, 0.29) is 0 Å². The summed E-state index contributed by atoms with van der Waals surface area (Å²) in [7, 11) is 0. The molecule has 0 spiro atoms. The second-order valence-electron chi connectivity index (χ2n) is 5.00. The van der Waals surface area contributed by atoms with Gasteiger partial charge in [0.2, 0.25) is 0 Å². The predicted octanol–water partition coefficient (Wildman–Crippen LogP) is 3.60. The quantitative estimate of drug-likeness (QED) is 0.739. The zero-order valence-corrected chi connectivity index (χ0v) is 12.1. The standard InChI is InChI=1S/C18H23NO/c1-16-7-5-10-18(15-16)20-14-6-12-19-13-11-17-8-3-2-4-9-17/h2-5,7-10,15,19H,6,11-14H2,1H3. The Morgan fingerprint density at radius 2 is 1.80 bits per heavy atom. The zero-order valence-electron chi connectivity index (χ0n) is 12.1. The van der Waals surface area contributed by atoms with Crippen molar-refractivity contribution in [3.63, 3.8) is 0 Å². The van der Waals surface area contributed by atoms with E-state index in [0.29, 0.717) is 0 Å². The molecule has 0 heterocycles. The van der Waals surface area contributed by atoms with Crippen LogP contribution in [0, 0.1) is 6.92 Å². The van der Waals surface area contributed by atoms with Crippen molar-refractivity contribution < 1.29 is 4.74 Å². The van der Waals surface area contributed by atoms with Gasteiger partial charge in [-0.25, -0.2) is 0 Å². The van der Waals surface area contributed by atoms with E-state index >= 15 is 0 Å². The minimum Gasteiger partial charge on any atom is -0.494 e. The van der Waals surface area contributed by atoms with Crippen LogP contribution in [0.3, 0.4) is 0 Å². The second-order valence-corrected chi connectivity index (χ2v) is 5.00. The number of nitrogens with one attached hydrogen (secondary N) is 1. The summed E-state index contributed by atoms with van der Waals surface area (Å²) in [6.45, 7) is 4.87. The largest absolute Gasteiger partial charge is 0.494 e. The summed E-state index contributed by atoms with van der Waals surface area (Å²) in [6.07, 6.45) is 2.11. The average Bonchev–Trinajstić information content (AvgIpc) is 2.47. The third kappa shape index (κ3) is 5.45. The van der Waals surface area contributed by atoms with Gasteiger partial charge in [-0.15, -0.1) is 0 Å². The second kappa shape index (κ2) is 8.39. The summed E-state index contributed by atoms with van der Waals surface area (Å²) in [4.78, 5) is 0. The van der Waals surface area contributed by atoms with E-state index in [9.17, 15) is 0 Å². The molecule has 0 saturated heterocycles. The monoisotopic (exact) mass is 269 g/mol. The topological polar surface area (TPSA) is 21.3 Å². The van der Waals surface area contributed by atoms with Gasteiger partial charge in [0.1, 0.15) is 5.75 Å². The number of aryl methyl sites for hydroxylation is 1. The van der Waals surface area contributed by atoms with Gasteiger partial charge in [-0.3, -0.25) is 0 Å². The molecule has 0 aliphatic heterocycles. The van der Waals surface area contributed by atoms with Crippen LogP contribution in [0.15, 0.2) is 54.6 Å². The summed E-state index contributed by atoms with van der Waals surface area (Å²) in [5.41, 5.74) is 2.62. The summed E-state index contributed by atoms with van der Waals surface area (Å²) < 4.78 is 5.71. The van der Waals surface area contributed by atoms with Crippen LogP contribution in [-0.2, 0) is 6.42 Å². The SMILES string of the molecule is Cc1cccc(OCCCNCCc2ccccc2)c1. The molecular formula is C18H23NO. The fourth-order valence-electron chi connectivity index (χ4n) is 2.09. The Kier molecular flexibility index (Phi) is 6.12. The lowest BCUT2D eigenvalue weighted by atomic mass is 10.1. The Bertz CT molecular complexity index is 496. The van der Waals surface area contributed by atoms with Crippen LogP contribution in [0.25, 0.3) is 0 Å². The first-order valence-electron chi connectivity index (χ1n) is 7.29. The van der Waals surface area contributed by atoms with E-state index in [1.54, 1.807) is 0 Å². The number of rotatable bonds is 8. The van der Waals surface area contributed by atoms with Crippen LogP contribution in [-0.4, -0.2) is 19.7 Å². The summed E-state index contributed by atoms with van der Waals surface area (Å²) in [5.74, 6) is 0.967. The minimum atomic E-state index is 0.766. The van der Waals surface area contributed by atoms with Crippen molar-refractivity contribution in [3.05, 3.63) is 65.7 Å². The molecule has 2 aromatic carbocycles. The first-order valence-corrected chi connectivity index (χ1v) is 7.29. The molecular weight excluding hydrogens is 246 g/mol. The summed E-state index contributed by atoms with van der Waals surface area (Å²) in [5, 5.41) is 3.45. The van der Waals surface area contributed by atoms with Crippen molar-refractivity contribution >= 4 is 0 Å². The molecule has 2 rings (SSSR count). The highest BCUT2D eigenvalue weighted by molar-refractivity contribution is 5.27. The lowest BCUT2D eigenvalue weighted by Crippen LogP contribution is -2.20. The molecule has 0 bridgehead atoms. The van der Waals surface area contributed by atoms with Crippen molar-refractivity contribution in [1.82, 2.24) is 5.32 Å². The molecule has 0 aliphatic rings. The van der Waals surface area contributed by atoms with Crippen LogP contribution < -0.4 is 10.1 Å². The van der Waals surface area contributed by atoms with Crippen molar-refractivity contribution in [1.29, 1.82) is 0 Å². The number of ether oxygens (including phenoxy) is 1. The first kappa shape index (κ1) is 14.6. The molecule has 0 amide bonds. The Hall–Kier alpha value is -1.80. The van der Waals surface area contributed by atoms with Gasteiger partial charge in [0, 0.05) is 0 Å². The van der Waals surface area contributed by atoms with Gasteiger partial charge < -0.3 is 10.1 Å². The maximum absolute atomic E-state index is 5.71. The van der Waals surface area contributed by atoms with Crippen molar-refractivity contribution in [2.75, 3.05) is 19.7 Å². The number of hydrogen-bond donors (Lipinski definition) is 1. The van der Waals surface area contributed by atoms with E-state index in [1.165, 1.54) is 11.1 Å². The van der Waals surface area contributed by atoms with Gasteiger partial charge in [0.25, 0.3) is 0 Å². The van der Waals surface area contributed by atoms with Gasteiger partial charge in [-0.05, 0) is 56.1 Å². The first-order chi connectivity index (χ1) is 9.84. The molecule has 106 valence electrons. The molecule has 1 N–H and O–H groups in total. The van der Waals surface area contributed by atoms with Crippen LogP contribution >= 0.6 is 0 Å². The van der Waals surface area contributed by atoms with Crippen LogP contribution in [0.2, 0.25) is 0 Å². The number of hydrogen-bond acceptors (Lipinski definition) is 2. The van der Waals surface area contributed by atoms with Crippen molar-refractivity contribution in [2.45, 2.75) is 19.8 Å². The number of benzene rings is 2. The minimum absolute atomic E-state index is 0.766. The highest BCUT2D eigenvalue weighted by Gasteiger charge is 1.95. The molecule has 0 unspecified atom stereocenters. The van der Waals surface area contributed by atoms with Gasteiger partial charge in [-0.2, -0.15) is 0 Å². The Morgan fingerprint density at radius 3 is 2.60 bits per heavy atom. The predicted molar refractivity (Wildman–Crippen MR) is 84.3 cm³/mol. The van der Waals surface area contributed by atoms with Gasteiger partial charge in [-0.1, -0.05) is 42.5 Å². The molecule has 0 fully saturated rings. The van der Waals surface area contributed by atoms with E-state index in [1.807, 2.05) is 12.1 Å². The summed E-state index contributed by atoms with van der Waals surface area (Å²) >= 11 is 0. The molecule has 2 nitrogen and oxygen atoms in total. The fourth-order valence-corrected chi connectivity index (χ4v) is 2.09.